The average molecular weight is 461 g/mol. The van der Waals surface area contributed by atoms with Gasteiger partial charge in [0.1, 0.15) is 23.0 Å². The second-order valence-corrected chi connectivity index (χ2v) is 8.29. The summed E-state index contributed by atoms with van der Waals surface area (Å²) < 4.78 is 74.9. The Hall–Kier alpha value is -3.86. The standard InChI is InChI=1S/C21H14F3N3O4S/c1-31-16-8-9-25-21-17(16)13(10-26-21)20(28)18-14(23)6-7-15(19(18)24)27-32(29,30)12-4-2-11(22)3-5-12/h2-10,27H,1H3,(H,25,26). The fourth-order valence-corrected chi connectivity index (χ4v) is 4.23. The number of nitrogens with zero attached hydrogens (tertiary/aromatic N) is 1. The van der Waals surface area contributed by atoms with Gasteiger partial charge in [0.05, 0.1) is 34.2 Å². The Morgan fingerprint density at radius 3 is 2.47 bits per heavy atom. The van der Waals surface area contributed by atoms with Crippen molar-refractivity contribution in [2.75, 3.05) is 11.8 Å². The SMILES string of the molecule is COc1ccnc2[nH]cc(C(=O)c3c(F)ccc(NS(=O)(=O)c4ccc(F)cc4)c3F)c12. The number of hydrogen-bond donors (Lipinski definition) is 2. The molecule has 2 aromatic carbocycles. The summed E-state index contributed by atoms with van der Waals surface area (Å²) in [7, 11) is -2.97. The van der Waals surface area contributed by atoms with Gasteiger partial charge in [0.25, 0.3) is 10.0 Å². The molecule has 0 atom stereocenters. The Morgan fingerprint density at radius 2 is 1.78 bits per heavy atom. The number of rotatable bonds is 6. The van der Waals surface area contributed by atoms with E-state index in [4.69, 9.17) is 4.74 Å². The largest absolute Gasteiger partial charge is 0.496 e. The van der Waals surface area contributed by atoms with Crippen molar-refractivity contribution in [2.24, 2.45) is 0 Å². The minimum atomic E-state index is -4.33. The second-order valence-electron chi connectivity index (χ2n) is 6.61. The lowest BCUT2D eigenvalue weighted by Gasteiger charge is -2.12. The number of aromatic nitrogens is 2. The summed E-state index contributed by atoms with van der Waals surface area (Å²) in [6.07, 6.45) is 2.66. The Kier molecular flexibility index (Phi) is 5.35. The van der Waals surface area contributed by atoms with Crippen LogP contribution in [0.3, 0.4) is 0 Å². The monoisotopic (exact) mass is 461 g/mol. The van der Waals surface area contributed by atoms with E-state index in [0.29, 0.717) is 0 Å². The number of nitrogens with one attached hydrogen (secondary N) is 2. The van der Waals surface area contributed by atoms with E-state index >= 15 is 4.39 Å². The molecule has 0 unspecified atom stereocenters. The van der Waals surface area contributed by atoms with Crippen LogP contribution in [-0.4, -0.2) is 31.3 Å². The zero-order chi connectivity index (χ0) is 23.0. The third-order valence-corrected chi connectivity index (χ3v) is 6.07. The van der Waals surface area contributed by atoms with E-state index in [1.807, 2.05) is 4.72 Å². The molecule has 0 aliphatic rings. The van der Waals surface area contributed by atoms with Crippen molar-refractivity contribution in [2.45, 2.75) is 4.90 Å². The lowest BCUT2D eigenvalue weighted by Crippen LogP contribution is -2.16. The molecule has 164 valence electrons. The van der Waals surface area contributed by atoms with Gasteiger partial charge in [-0.3, -0.25) is 9.52 Å². The summed E-state index contributed by atoms with van der Waals surface area (Å²) in [6.45, 7) is 0. The predicted octanol–water partition coefficient (Wildman–Crippen LogP) is 4.02. The van der Waals surface area contributed by atoms with Crippen molar-refractivity contribution >= 4 is 32.5 Å². The molecule has 0 saturated heterocycles. The van der Waals surface area contributed by atoms with Gasteiger partial charge in [0.15, 0.2) is 5.82 Å². The van der Waals surface area contributed by atoms with Gasteiger partial charge >= 0.3 is 0 Å². The molecule has 0 radical (unpaired) electrons. The van der Waals surface area contributed by atoms with Crippen molar-refractivity contribution in [3.05, 3.63) is 83.4 Å². The van der Waals surface area contributed by atoms with Crippen molar-refractivity contribution in [1.82, 2.24) is 9.97 Å². The lowest BCUT2D eigenvalue weighted by molar-refractivity contribution is 0.103. The molecule has 4 aromatic rings. The third kappa shape index (κ3) is 3.66. The van der Waals surface area contributed by atoms with Crippen LogP contribution < -0.4 is 9.46 Å². The number of benzene rings is 2. The molecule has 4 rings (SSSR count). The van der Waals surface area contributed by atoms with Crippen molar-refractivity contribution in [3.8, 4) is 5.75 Å². The second kappa shape index (κ2) is 8.00. The van der Waals surface area contributed by atoms with Crippen LogP contribution >= 0.6 is 0 Å². The van der Waals surface area contributed by atoms with E-state index in [0.717, 1.165) is 36.4 Å². The quantitative estimate of drug-likeness (QED) is 0.423. The molecule has 0 aliphatic carbocycles. The summed E-state index contributed by atoms with van der Waals surface area (Å²) in [5.74, 6) is -4.03. The van der Waals surface area contributed by atoms with E-state index in [9.17, 15) is 22.0 Å². The number of fused-ring (bicyclic) bond motifs is 1. The molecule has 2 aromatic heterocycles. The molecule has 0 aliphatic heterocycles. The number of ketones is 1. The highest BCUT2D eigenvalue weighted by Crippen LogP contribution is 2.31. The summed E-state index contributed by atoms with van der Waals surface area (Å²) in [4.78, 5) is 19.5. The van der Waals surface area contributed by atoms with Crippen molar-refractivity contribution < 1.29 is 31.1 Å². The van der Waals surface area contributed by atoms with Gasteiger partial charge in [0.2, 0.25) is 5.78 Å². The summed E-state index contributed by atoms with van der Waals surface area (Å²) in [5, 5.41) is 0.219. The smallest absolute Gasteiger partial charge is 0.261 e. The molecule has 7 nitrogen and oxygen atoms in total. The predicted molar refractivity (Wildman–Crippen MR) is 110 cm³/mol. The van der Waals surface area contributed by atoms with Crippen molar-refractivity contribution in [1.29, 1.82) is 0 Å². The molecular formula is C21H14F3N3O4S. The van der Waals surface area contributed by atoms with Crippen LogP contribution in [-0.2, 0) is 10.0 Å². The minimum Gasteiger partial charge on any atom is -0.496 e. The molecule has 0 bridgehead atoms. The number of halogens is 3. The molecule has 0 saturated carbocycles. The number of ether oxygens (including phenoxy) is 1. The Bertz CT molecular complexity index is 1450. The van der Waals surface area contributed by atoms with Gasteiger partial charge in [-0.1, -0.05) is 0 Å². The number of methoxy groups -OCH3 is 1. The van der Waals surface area contributed by atoms with E-state index in [1.54, 1.807) is 0 Å². The molecule has 32 heavy (non-hydrogen) atoms. The summed E-state index contributed by atoms with van der Waals surface area (Å²) >= 11 is 0. The Balaban J connectivity index is 1.78. The van der Waals surface area contributed by atoms with E-state index in [1.165, 1.54) is 25.6 Å². The number of anilines is 1. The molecule has 11 heteroatoms. The fourth-order valence-electron chi connectivity index (χ4n) is 3.17. The zero-order valence-corrected chi connectivity index (χ0v) is 17.1. The van der Waals surface area contributed by atoms with Crippen LogP contribution in [0.4, 0.5) is 18.9 Å². The molecule has 0 amide bonds. The highest BCUT2D eigenvalue weighted by Gasteiger charge is 2.27. The molecular weight excluding hydrogens is 447 g/mol. The van der Waals surface area contributed by atoms with Crippen LogP contribution in [0.25, 0.3) is 11.0 Å². The van der Waals surface area contributed by atoms with Crippen LogP contribution in [0.15, 0.2) is 59.8 Å². The number of H-pyrrole nitrogens is 1. The number of pyridine rings is 1. The number of hydrogen-bond acceptors (Lipinski definition) is 5. The fraction of sp³-hybridized carbons (Fsp3) is 0.0476. The normalized spacial score (nSPS) is 11.5. The maximum Gasteiger partial charge on any atom is 0.261 e. The molecule has 0 spiro atoms. The molecule has 0 fully saturated rings. The first-order valence-corrected chi connectivity index (χ1v) is 10.5. The van der Waals surface area contributed by atoms with Gasteiger partial charge < -0.3 is 9.72 Å². The number of carbonyl (C=O) groups excluding carboxylic acids is 1. The highest BCUT2D eigenvalue weighted by atomic mass is 32.2. The number of carbonyl (C=O) groups is 1. The van der Waals surface area contributed by atoms with Crippen LogP contribution in [0, 0.1) is 17.5 Å². The van der Waals surface area contributed by atoms with Gasteiger partial charge in [-0.15, -0.1) is 0 Å². The highest BCUT2D eigenvalue weighted by molar-refractivity contribution is 7.92. The first-order chi connectivity index (χ1) is 15.2. The number of aromatic amines is 1. The van der Waals surface area contributed by atoms with Crippen LogP contribution in [0.1, 0.15) is 15.9 Å². The minimum absolute atomic E-state index is 0.110. The Morgan fingerprint density at radius 1 is 1.06 bits per heavy atom. The average Bonchev–Trinajstić information content (AvgIpc) is 3.20. The topological polar surface area (TPSA) is 101 Å². The zero-order valence-electron chi connectivity index (χ0n) is 16.3. The van der Waals surface area contributed by atoms with Gasteiger partial charge in [-0.05, 0) is 42.5 Å². The van der Waals surface area contributed by atoms with Gasteiger partial charge in [-0.2, -0.15) is 0 Å². The van der Waals surface area contributed by atoms with E-state index < -0.39 is 44.5 Å². The Labute approximate surface area is 179 Å². The molecule has 2 N–H and O–H groups in total. The van der Waals surface area contributed by atoms with E-state index in [-0.39, 0.29) is 27.2 Å². The maximum atomic E-state index is 15.2. The van der Waals surface area contributed by atoms with Crippen molar-refractivity contribution in [3.63, 3.8) is 0 Å². The number of sulfonamides is 1. The van der Waals surface area contributed by atoms with Gasteiger partial charge in [-0.25, -0.2) is 26.6 Å². The van der Waals surface area contributed by atoms with Gasteiger partial charge in [0, 0.05) is 12.4 Å². The van der Waals surface area contributed by atoms with Crippen LogP contribution in [0.5, 0.6) is 5.75 Å². The van der Waals surface area contributed by atoms with Crippen LogP contribution in [0.2, 0.25) is 0 Å². The first-order valence-electron chi connectivity index (χ1n) is 9.04. The maximum absolute atomic E-state index is 15.2. The first kappa shape index (κ1) is 21.4. The lowest BCUT2D eigenvalue weighted by atomic mass is 10.0. The van der Waals surface area contributed by atoms with E-state index in [2.05, 4.69) is 9.97 Å². The summed E-state index contributed by atoms with van der Waals surface area (Å²) in [6, 6.07) is 6.90. The molecule has 2 heterocycles. The third-order valence-electron chi connectivity index (χ3n) is 4.69. The summed E-state index contributed by atoms with van der Waals surface area (Å²) in [5.41, 5.74) is -1.46.